The summed E-state index contributed by atoms with van der Waals surface area (Å²) in [5, 5.41) is 13.9. The summed E-state index contributed by atoms with van der Waals surface area (Å²) < 4.78 is 26.5. The molecule has 184 valence electrons. The molecular weight excluding hydrogens is 528 g/mol. The first kappa shape index (κ1) is 25.4. The Morgan fingerprint density at radius 3 is 2.42 bits per heavy atom. The first-order chi connectivity index (χ1) is 17.0. The Morgan fingerprint density at radius 2 is 1.75 bits per heavy atom. The number of nitro benzene ring substituents is 1. The lowest BCUT2D eigenvalue weighted by atomic mass is 9.97. The average molecular weight is 545 g/mol. The number of thiazole rings is 1. The van der Waals surface area contributed by atoms with Gasteiger partial charge in [-0.15, -0.1) is 0 Å². The van der Waals surface area contributed by atoms with Gasteiger partial charge in [-0.25, -0.2) is 17.7 Å². The molecule has 1 aromatic heterocycles. The van der Waals surface area contributed by atoms with E-state index in [1.165, 1.54) is 50.5 Å². The van der Waals surface area contributed by atoms with Gasteiger partial charge < -0.3 is 0 Å². The molecule has 0 spiro atoms. The van der Waals surface area contributed by atoms with Crippen molar-refractivity contribution in [2.45, 2.75) is 4.90 Å². The Labute approximate surface area is 214 Å². The largest absolute Gasteiger partial charge is 0.298 e. The summed E-state index contributed by atoms with van der Waals surface area (Å²) in [7, 11) is -0.782. The number of sulfonamides is 1. The zero-order valence-electron chi connectivity index (χ0n) is 18.8. The lowest BCUT2D eigenvalue weighted by Gasteiger charge is -2.10. The first-order valence-electron chi connectivity index (χ1n) is 10.2. The fourth-order valence-electron chi connectivity index (χ4n) is 3.32. The van der Waals surface area contributed by atoms with Crippen molar-refractivity contribution in [3.8, 4) is 0 Å². The molecule has 0 radical (unpaired) electrons. The smallest absolute Gasteiger partial charge is 0.288 e. The fourth-order valence-corrected chi connectivity index (χ4v) is 5.41. The first-order valence-corrected chi connectivity index (χ1v) is 12.8. The highest BCUT2D eigenvalue weighted by Gasteiger charge is 2.23. The molecule has 0 atom stereocenters. The molecule has 1 heterocycles. The number of halogens is 1. The number of benzene rings is 3. The van der Waals surface area contributed by atoms with E-state index in [9.17, 15) is 28.1 Å². The standard InChI is InChI=1S/C23H17ClN4O6S2/c1-27(2)36(33,34)14-8-10-18-20(12-14)35-23(25-18)26-22(30)16-6-4-3-5-15(16)21(29)13-7-9-17(24)19(11-13)28(31)32/h3-12H,1-2H3,(H,25,26,30). The predicted octanol–water partition coefficient (Wildman–Crippen LogP) is 4.59. The normalized spacial score (nSPS) is 11.6. The SMILES string of the molecule is CN(C)S(=O)(=O)c1ccc2nc(NC(=O)c3ccccc3C(=O)c3ccc(Cl)c([N+](=O)[O-])c3)sc2c1. The van der Waals surface area contributed by atoms with Crippen LogP contribution in [0.1, 0.15) is 26.3 Å². The molecule has 0 bridgehead atoms. The highest BCUT2D eigenvalue weighted by atomic mass is 35.5. The second kappa shape index (κ2) is 9.74. The number of nitrogens with one attached hydrogen (secondary N) is 1. The number of nitrogens with zero attached hydrogens (tertiary/aromatic N) is 3. The molecule has 0 unspecified atom stereocenters. The van der Waals surface area contributed by atoms with E-state index < -0.39 is 32.3 Å². The second-order valence-corrected chi connectivity index (χ2v) is 11.3. The number of amides is 1. The van der Waals surface area contributed by atoms with Crippen LogP contribution in [0, 0.1) is 10.1 Å². The molecule has 0 aliphatic heterocycles. The van der Waals surface area contributed by atoms with Gasteiger partial charge in [-0.1, -0.05) is 41.1 Å². The minimum Gasteiger partial charge on any atom is -0.298 e. The van der Waals surface area contributed by atoms with Crippen molar-refractivity contribution in [1.29, 1.82) is 0 Å². The van der Waals surface area contributed by atoms with E-state index in [0.717, 1.165) is 21.7 Å². The van der Waals surface area contributed by atoms with E-state index in [-0.39, 0.29) is 31.7 Å². The Kier molecular flexibility index (Phi) is 6.87. The van der Waals surface area contributed by atoms with Gasteiger partial charge in [-0.3, -0.25) is 25.0 Å². The number of aromatic nitrogens is 1. The van der Waals surface area contributed by atoms with Crippen LogP contribution in [-0.4, -0.2) is 48.4 Å². The Morgan fingerprint density at radius 1 is 1.06 bits per heavy atom. The predicted molar refractivity (Wildman–Crippen MR) is 136 cm³/mol. The number of hydrogen-bond donors (Lipinski definition) is 1. The lowest BCUT2D eigenvalue weighted by Crippen LogP contribution is -2.22. The molecule has 1 amide bonds. The van der Waals surface area contributed by atoms with Crippen molar-refractivity contribution < 1.29 is 22.9 Å². The third kappa shape index (κ3) is 4.84. The number of fused-ring (bicyclic) bond motifs is 1. The summed E-state index contributed by atoms with van der Waals surface area (Å²) in [4.78, 5) is 41.1. The quantitative estimate of drug-likeness (QED) is 0.204. The molecule has 1 N–H and O–H groups in total. The zero-order valence-corrected chi connectivity index (χ0v) is 21.1. The topological polar surface area (TPSA) is 140 Å². The molecule has 10 nitrogen and oxygen atoms in total. The molecule has 36 heavy (non-hydrogen) atoms. The summed E-state index contributed by atoms with van der Waals surface area (Å²) in [5.41, 5.74) is 0.142. The van der Waals surface area contributed by atoms with Crippen molar-refractivity contribution in [3.63, 3.8) is 0 Å². The van der Waals surface area contributed by atoms with Gasteiger partial charge >= 0.3 is 0 Å². The molecule has 0 saturated heterocycles. The highest BCUT2D eigenvalue weighted by Crippen LogP contribution is 2.30. The maximum absolute atomic E-state index is 13.1. The monoisotopic (exact) mass is 544 g/mol. The van der Waals surface area contributed by atoms with Gasteiger partial charge in [0.15, 0.2) is 10.9 Å². The molecule has 4 rings (SSSR count). The number of anilines is 1. The van der Waals surface area contributed by atoms with Crippen LogP contribution in [0.4, 0.5) is 10.8 Å². The number of carbonyl (C=O) groups excluding carboxylic acids is 2. The van der Waals surface area contributed by atoms with Crippen LogP contribution in [0.15, 0.2) is 65.6 Å². The average Bonchev–Trinajstić information content (AvgIpc) is 3.25. The lowest BCUT2D eigenvalue weighted by molar-refractivity contribution is -0.384. The second-order valence-electron chi connectivity index (χ2n) is 7.69. The number of ketones is 1. The van der Waals surface area contributed by atoms with Crippen molar-refractivity contribution in [1.82, 2.24) is 9.29 Å². The molecule has 13 heteroatoms. The van der Waals surface area contributed by atoms with Crippen molar-refractivity contribution >= 4 is 65.7 Å². The van der Waals surface area contributed by atoms with E-state index in [1.54, 1.807) is 18.2 Å². The van der Waals surface area contributed by atoms with Gasteiger partial charge in [0, 0.05) is 31.3 Å². The third-order valence-electron chi connectivity index (χ3n) is 5.18. The summed E-state index contributed by atoms with van der Waals surface area (Å²) in [5.74, 6) is -1.22. The number of nitro groups is 1. The van der Waals surface area contributed by atoms with Crippen LogP contribution in [0.25, 0.3) is 10.2 Å². The minimum absolute atomic E-state index is 0.000896. The van der Waals surface area contributed by atoms with Gasteiger partial charge in [0.25, 0.3) is 11.6 Å². The number of hydrogen-bond acceptors (Lipinski definition) is 8. The highest BCUT2D eigenvalue weighted by molar-refractivity contribution is 7.89. The van der Waals surface area contributed by atoms with Gasteiger partial charge in [0.2, 0.25) is 10.0 Å². The van der Waals surface area contributed by atoms with Crippen molar-refractivity contribution in [3.05, 3.63) is 92.5 Å². The van der Waals surface area contributed by atoms with E-state index >= 15 is 0 Å². The molecular formula is C23H17ClN4O6S2. The van der Waals surface area contributed by atoms with Gasteiger partial charge in [-0.05, 0) is 36.4 Å². The van der Waals surface area contributed by atoms with E-state index in [1.807, 2.05) is 0 Å². The molecule has 0 aliphatic carbocycles. The van der Waals surface area contributed by atoms with Crippen LogP contribution in [0.2, 0.25) is 5.02 Å². The van der Waals surface area contributed by atoms with Crippen LogP contribution in [0.5, 0.6) is 0 Å². The van der Waals surface area contributed by atoms with Gasteiger partial charge in [-0.2, -0.15) is 0 Å². The maximum atomic E-state index is 13.1. The molecule has 0 aliphatic rings. The number of rotatable bonds is 7. The van der Waals surface area contributed by atoms with Crippen molar-refractivity contribution in [2.75, 3.05) is 19.4 Å². The van der Waals surface area contributed by atoms with Crippen LogP contribution in [0.3, 0.4) is 0 Å². The van der Waals surface area contributed by atoms with Gasteiger partial charge in [0.05, 0.1) is 25.6 Å². The fraction of sp³-hybridized carbons (Fsp3) is 0.0870. The summed E-state index contributed by atoms with van der Waals surface area (Å²) in [6, 6.07) is 14.1. The number of carbonyl (C=O) groups is 2. The van der Waals surface area contributed by atoms with Crippen LogP contribution >= 0.6 is 22.9 Å². The van der Waals surface area contributed by atoms with Crippen LogP contribution < -0.4 is 5.32 Å². The van der Waals surface area contributed by atoms with E-state index in [4.69, 9.17) is 11.6 Å². The minimum atomic E-state index is -3.64. The molecule has 3 aromatic carbocycles. The van der Waals surface area contributed by atoms with Gasteiger partial charge in [0.1, 0.15) is 5.02 Å². The summed E-state index contributed by atoms with van der Waals surface area (Å²) in [6.07, 6.45) is 0. The van der Waals surface area contributed by atoms with Crippen LogP contribution in [-0.2, 0) is 10.0 Å². The molecule has 0 saturated carbocycles. The maximum Gasteiger partial charge on any atom is 0.288 e. The summed E-state index contributed by atoms with van der Waals surface area (Å²) in [6.45, 7) is 0. The Balaban J connectivity index is 1.64. The van der Waals surface area contributed by atoms with E-state index in [2.05, 4.69) is 10.3 Å². The third-order valence-corrected chi connectivity index (χ3v) is 8.24. The zero-order chi connectivity index (χ0) is 26.2. The summed E-state index contributed by atoms with van der Waals surface area (Å²) >= 11 is 6.92. The Bertz CT molecular complexity index is 1650. The molecule has 0 fully saturated rings. The van der Waals surface area contributed by atoms with Crippen molar-refractivity contribution in [2.24, 2.45) is 0 Å². The van der Waals surface area contributed by atoms with E-state index in [0.29, 0.717) is 10.2 Å². The molecule has 4 aromatic rings. The Hall–Kier alpha value is -3.71.